The van der Waals surface area contributed by atoms with E-state index in [1.165, 1.54) is 0 Å². The normalized spacial score (nSPS) is 17.2. The van der Waals surface area contributed by atoms with Gasteiger partial charge in [0.15, 0.2) is 0 Å². The summed E-state index contributed by atoms with van der Waals surface area (Å²) in [7, 11) is 0. The average molecular weight is 491 g/mol. The minimum atomic E-state index is -0.850. The number of benzene rings is 1. The van der Waals surface area contributed by atoms with Gasteiger partial charge in [0.2, 0.25) is 5.91 Å². The third-order valence-corrected chi connectivity index (χ3v) is 6.54. The molecule has 0 heterocycles. The molecular weight excluding hydrogens is 444 g/mol. The standard InChI is InChI=1S/C28H46N2O5/c1-6-7-16-29-25(32)21(2)18-24(31)23(30-26(33)35-27(3,4)5)19-28(13-14-28)15-17-34-20-22-11-9-8-10-12-22/h8-12,21,23-24,31H,6-7,13-20H2,1-5H3,(H,29,32)(H,30,33)/t21-,23+,24+/m1/s1. The summed E-state index contributed by atoms with van der Waals surface area (Å²) in [6.07, 6.45) is 4.39. The summed E-state index contributed by atoms with van der Waals surface area (Å²) < 4.78 is 11.4. The first kappa shape index (κ1) is 29.1. The van der Waals surface area contributed by atoms with Gasteiger partial charge in [-0.1, -0.05) is 50.6 Å². The van der Waals surface area contributed by atoms with E-state index in [1.807, 2.05) is 58.0 Å². The van der Waals surface area contributed by atoms with Gasteiger partial charge in [-0.2, -0.15) is 0 Å². The Morgan fingerprint density at radius 3 is 2.46 bits per heavy atom. The van der Waals surface area contributed by atoms with E-state index in [1.54, 1.807) is 0 Å². The Kier molecular flexibility index (Phi) is 11.5. The average Bonchev–Trinajstić information content (AvgIpc) is 3.55. The molecule has 1 fully saturated rings. The van der Waals surface area contributed by atoms with Crippen LogP contribution in [0.2, 0.25) is 0 Å². The lowest BCUT2D eigenvalue weighted by Gasteiger charge is -2.30. The van der Waals surface area contributed by atoms with Crippen molar-refractivity contribution < 1.29 is 24.2 Å². The second kappa shape index (κ2) is 13.8. The highest BCUT2D eigenvalue weighted by molar-refractivity contribution is 5.78. The third-order valence-electron chi connectivity index (χ3n) is 6.54. The molecule has 2 amide bonds. The molecule has 0 radical (unpaired) electrons. The van der Waals surface area contributed by atoms with E-state index >= 15 is 0 Å². The van der Waals surface area contributed by atoms with Gasteiger partial charge in [-0.3, -0.25) is 4.79 Å². The van der Waals surface area contributed by atoms with Crippen molar-refractivity contribution >= 4 is 12.0 Å². The summed E-state index contributed by atoms with van der Waals surface area (Å²) in [5.74, 6) is -0.418. The van der Waals surface area contributed by atoms with Gasteiger partial charge in [0.05, 0.1) is 18.8 Å². The van der Waals surface area contributed by atoms with Gasteiger partial charge in [-0.25, -0.2) is 4.79 Å². The molecule has 0 bridgehead atoms. The summed E-state index contributed by atoms with van der Waals surface area (Å²) in [5, 5.41) is 16.9. The van der Waals surface area contributed by atoms with Crippen LogP contribution in [0.3, 0.4) is 0 Å². The molecule has 0 saturated heterocycles. The molecule has 2 rings (SSSR count). The molecule has 0 unspecified atom stereocenters. The summed E-state index contributed by atoms with van der Waals surface area (Å²) in [4.78, 5) is 25.0. The van der Waals surface area contributed by atoms with Crippen LogP contribution >= 0.6 is 0 Å². The lowest BCUT2D eigenvalue weighted by molar-refractivity contribution is -0.125. The highest BCUT2D eigenvalue weighted by Gasteiger charge is 2.45. The van der Waals surface area contributed by atoms with Crippen molar-refractivity contribution in [1.82, 2.24) is 10.6 Å². The molecule has 7 heteroatoms. The molecule has 1 aliphatic rings. The number of hydrogen-bond donors (Lipinski definition) is 3. The molecule has 7 nitrogen and oxygen atoms in total. The van der Waals surface area contributed by atoms with Gasteiger partial charge < -0.3 is 25.2 Å². The minimum Gasteiger partial charge on any atom is -0.444 e. The van der Waals surface area contributed by atoms with Crippen LogP contribution in [0.25, 0.3) is 0 Å². The molecule has 35 heavy (non-hydrogen) atoms. The lowest BCUT2D eigenvalue weighted by atomic mass is 9.88. The number of alkyl carbamates (subject to hydrolysis) is 1. The molecule has 3 atom stereocenters. The fourth-order valence-electron chi connectivity index (χ4n) is 4.19. The van der Waals surface area contributed by atoms with Gasteiger partial charge in [-0.15, -0.1) is 0 Å². The van der Waals surface area contributed by atoms with E-state index in [4.69, 9.17) is 9.47 Å². The van der Waals surface area contributed by atoms with Gasteiger partial charge in [0, 0.05) is 19.1 Å². The van der Waals surface area contributed by atoms with Crippen molar-refractivity contribution in [3.8, 4) is 0 Å². The van der Waals surface area contributed by atoms with Gasteiger partial charge in [-0.05, 0) is 70.3 Å². The molecule has 198 valence electrons. The first-order chi connectivity index (χ1) is 16.5. The van der Waals surface area contributed by atoms with Crippen LogP contribution in [0.15, 0.2) is 30.3 Å². The van der Waals surface area contributed by atoms with E-state index in [9.17, 15) is 14.7 Å². The summed E-state index contributed by atoms with van der Waals surface area (Å²) >= 11 is 0. The van der Waals surface area contributed by atoms with Crippen molar-refractivity contribution in [2.45, 2.75) is 104 Å². The second-order valence-corrected chi connectivity index (χ2v) is 11.1. The molecule has 0 aliphatic heterocycles. The van der Waals surface area contributed by atoms with Crippen LogP contribution in [0.4, 0.5) is 4.79 Å². The molecule has 0 spiro atoms. The zero-order valence-corrected chi connectivity index (χ0v) is 22.3. The number of carbonyl (C=O) groups is 2. The molecule has 1 aromatic carbocycles. The van der Waals surface area contributed by atoms with Crippen molar-refractivity contribution in [2.75, 3.05) is 13.2 Å². The maximum Gasteiger partial charge on any atom is 0.407 e. The Morgan fingerprint density at radius 1 is 1.17 bits per heavy atom. The van der Waals surface area contributed by atoms with Crippen LogP contribution in [0.5, 0.6) is 0 Å². The molecule has 1 aromatic rings. The SMILES string of the molecule is CCCCNC(=O)[C@H](C)C[C@H](O)[C@H](CC1(CCOCc2ccccc2)CC1)NC(=O)OC(C)(C)C. The van der Waals surface area contributed by atoms with Crippen molar-refractivity contribution in [1.29, 1.82) is 0 Å². The number of rotatable bonds is 15. The van der Waals surface area contributed by atoms with Crippen LogP contribution in [-0.2, 0) is 20.9 Å². The summed E-state index contributed by atoms with van der Waals surface area (Å²) in [5.41, 5.74) is 0.543. The maximum atomic E-state index is 12.5. The summed E-state index contributed by atoms with van der Waals surface area (Å²) in [6, 6.07) is 9.59. The fourth-order valence-corrected chi connectivity index (χ4v) is 4.19. The van der Waals surface area contributed by atoms with Crippen molar-refractivity contribution in [2.24, 2.45) is 11.3 Å². The van der Waals surface area contributed by atoms with Gasteiger partial charge in [0.1, 0.15) is 5.60 Å². The summed E-state index contributed by atoms with van der Waals surface area (Å²) in [6.45, 7) is 11.2. The zero-order chi connectivity index (χ0) is 25.9. The topological polar surface area (TPSA) is 96.9 Å². The Balaban J connectivity index is 1.93. The smallest absolute Gasteiger partial charge is 0.407 e. The predicted molar refractivity (Wildman–Crippen MR) is 138 cm³/mol. The van der Waals surface area contributed by atoms with E-state index in [2.05, 4.69) is 17.6 Å². The number of hydrogen-bond acceptors (Lipinski definition) is 5. The Hall–Kier alpha value is -2.12. The highest BCUT2D eigenvalue weighted by atomic mass is 16.6. The molecule has 0 aromatic heterocycles. The fraction of sp³-hybridized carbons (Fsp3) is 0.714. The van der Waals surface area contributed by atoms with Crippen LogP contribution < -0.4 is 10.6 Å². The third kappa shape index (κ3) is 11.4. The number of aliphatic hydroxyl groups is 1. The monoisotopic (exact) mass is 490 g/mol. The number of carbonyl (C=O) groups excluding carboxylic acids is 2. The molecule has 1 aliphatic carbocycles. The number of nitrogens with one attached hydrogen (secondary N) is 2. The highest BCUT2D eigenvalue weighted by Crippen LogP contribution is 2.53. The Labute approximate surface area is 211 Å². The van der Waals surface area contributed by atoms with Crippen LogP contribution in [-0.4, -0.2) is 48.0 Å². The van der Waals surface area contributed by atoms with E-state index in [-0.39, 0.29) is 23.7 Å². The number of amides is 2. The zero-order valence-electron chi connectivity index (χ0n) is 22.3. The Morgan fingerprint density at radius 2 is 1.86 bits per heavy atom. The first-order valence-electron chi connectivity index (χ1n) is 13.1. The number of aliphatic hydroxyl groups excluding tert-OH is 1. The first-order valence-corrected chi connectivity index (χ1v) is 13.1. The largest absolute Gasteiger partial charge is 0.444 e. The number of unbranched alkanes of at least 4 members (excludes halogenated alkanes) is 1. The molecule has 1 saturated carbocycles. The second-order valence-electron chi connectivity index (χ2n) is 11.1. The van der Waals surface area contributed by atoms with E-state index < -0.39 is 23.8 Å². The number of ether oxygens (including phenoxy) is 2. The van der Waals surface area contributed by atoms with Crippen LogP contribution in [0, 0.1) is 11.3 Å². The van der Waals surface area contributed by atoms with E-state index in [0.29, 0.717) is 26.2 Å². The van der Waals surface area contributed by atoms with E-state index in [0.717, 1.165) is 37.7 Å². The molecule has 3 N–H and O–H groups in total. The van der Waals surface area contributed by atoms with Crippen LogP contribution in [0.1, 0.15) is 85.1 Å². The predicted octanol–water partition coefficient (Wildman–Crippen LogP) is 4.96. The van der Waals surface area contributed by atoms with Gasteiger partial charge >= 0.3 is 6.09 Å². The quantitative estimate of drug-likeness (QED) is 0.302. The lowest BCUT2D eigenvalue weighted by Crippen LogP contribution is -2.48. The van der Waals surface area contributed by atoms with Crippen molar-refractivity contribution in [3.63, 3.8) is 0 Å². The Bertz CT molecular complexity index is 773. The van der Waals surface area contributed by atoms with Gasteiger partial charge in [0.25, 0.3) is 0 Å². The minimum absolute atomic E-state index is 0.0317. The maximum absolute atomic E-state index is 12.5. The molecular formula is C28H46N2O5. The van der Waals surface area contributed by atoms with Crippen molar-refractivity contribution in [3.05, 3.63) is 35.9 Å².